The first-order chi connectivity index (χ1) is 9.17. The number of benzene rings is 1. The summed E-state index contributed by atoms with van der Waals surface area (Å²) < 4.78 is 4.82. The van der Waals surface area contributed by atoms with Crippen LogP contribution in [-0.4, -0.2) is 39.2 Å². The average Bonchev–Trinajstić information content (AvgIpc) is 2.45. The molecular formula is C13H19N3O3. The predicted octanol–water partition coefficient (Wildman–Crippen LogP) is 0.492. The Morgan fingerprint density at radius 1 is 1.16 bits per heavy atom. The maximum absolute atomic E-state index is 11.4. The molecule has 0 radical (unpaired) electrons. The molecule has 0 fully saturated rings. The van der Waals surface area contributed by atoms with E-state index < -0.39 is 0 Å². The summed E-state index contributed by atoms with van der Waals surface area (Å²) in [6.45, 7) is 1.36. The zero-order valence-electron chi connectivity index (χ0n) is 11.2. The highest BCUT2D eigenvalue weighted by molar-refractivity contribution is 5.93. The molecule has 3 N–H and O–H groups in total. The normalized spacial score (nSPS) is 9.79. The zero-order chi connectivity index (χ0) is 14.1. The summed E-state index contributed by atoms with van der Waals surface area (Å²) in [7, 11) is 3.16. The van der Waals surface area contributed by atoms with Gasteiger partial charge >= 0.3 is 6.03 Å². The van der Waals surface area contributed by atoms with E-state index in [1.807, 2.05) is 0 Å². The molecule has 6 nitrogen and oxygen atoms in total. The van der Waals surface area contributed by atoms with Gasteiger partial charge < -0.3 is 20.7 Å². The van der Waals surface area contributed by atoms with Crippen LogP contribution in [-0.2, 0) is 11.3 Å². The fourth-order valence-electron chi connectivity index (χ4n) is 1.43. The molecule has 1 aromatic carbocycles. The first kappa shape index (κ1) is 15.0. The summed E-state index contributed by atoms with van der Waals surface area (Å²) in [4.78, 5) is 22.7. The number of carbonyl (C=O) groups excluding carboxylic acids is 2. The Morgan fingerprint density at radius 3 is 2.42 bits per heavy atom. The largest absolute Gasteiger partial charge is 0.383 e. The van der Waals surface area contributed by atoms with Crippen LogP contribution in [0.1, 0.15) is 15.9 Å². The summed E-state index contributed by atoms with van der Waals surface area (Å²) in [5, 5.41) is 7.92. The van der Waals surface area contributed by atoms with Gasteiger partial charge in [-0.15, -0.1) is 0 Å². The first-order valence-corrected chi connectivity index (χ1v) is 5.99. The number of rotatable bonds is 6. The van der Waals surface area contributed by atoms with Crippen LogP contribution in [0.25, 0.3) is 0 Å². The lowest BCUT2D eigenvalue weighted by molar-refractivity contribution is 0.0963. The quantitative estimate of drug-likeness (QED) is 0.655. The molecule has 0 atom stereocenters. The number of ether oxygens (including phenoxy) is 1. The SMILES string of the molecule is CNC(=O)c1ccc(CNC(=O)NCCOC)cc1. The van der Waals surface area contributed by atoms with Crippen molar-refractivity contribution in [2.24, 2.45) is 0 Å². The molecule has 0 bridgehead atoms. The summed E-state index contributed by atoms with van der Waals surface area (Å²) in [6.07, 6.45) is 0. The lowest BCUT2D eigenvalue weighted by Crippen LogP contribution is -2.36. The minimum atomic E-state index is -0.243. The number of carbonyl (C=O) groups is 2. The van der Waals surface area contributed by atoms with Gasteiger partial charge in [0.15, 0.2) is 0 Å². The number of urea groups is 1. The Labute approximate surface area is 112 Å². The van der Waals surface area contributed by atoms with Crippen molar-refractivity contribution in [3.8, 4) is 0 Å². The third kappa shape index (κ3) is 5.39. The molecule has 19 heavy (non-hydrogen) atoms. The molecule has 104 valence electrons. The van der Waals surface area contributed by atoms with E-state index in [1.165, 1.54) is 0 Å². The fraction of sp³-hybridized carbons (Fsp3) is 0.385. The summed E-state index contributed by atoms with van der Waals surface area (Å²) in [5.41, 5.74) is 1.52. The van der Waals surface area contributed by atoms with Gasteiger partial charge in [-0.05, 0) is 17.7 Å². The van der Waals surface area contributed by atoms with E-state index in [0.717, 1.165) is 5.56 Å². The van der Waals surface area contributed by atoms with Crippen LogP contribution in [0.4, 0.5) is 4.79 Å². The Balaban J connectivity index is 2.37. The van der Waals surface area contributed by atoms with Crippen LogP contribution in [0.5, 0.6) is 0 Å². The number of hydrogen-bond donors (Lipinski definition) is 3. The number of methoxy groups -OCH3 is 1. The van der Waals surface area contributed by atoms with Crippen molar-refractivity contribution in [2.45, 2.75) is 6.54 Å². The molecule has 0 heterocycles. The summed E-state index contributed by atoms with van der Waals surface area (Å²) >= 11 is 0. The fourth-order valence-corrected chi connectivity index (χ4v) is 1.43. The van der Waals surface area contributed by atoms with Crippen LogP contribution in [0.3, 0.4) is 0 Å². The van der Waals surface area contributed by atoms with E-state index >= 15 is 0 Å². The molecule has 1 aromatic rings. The van der Waals surface area contributed by atoms with Crippen LogP contribution in [0, 0.1) is 0 Å². The average molecular weight is 265 g/mol. The molecule has 0 spiro atoms. The highest BCUT2D eigenvalue weighted by Gasteiger charge is 2.03. The van der Waals surface area contributed by atoms with Gasteiger partial charge in [-0.1, -0.05) is 12.1 Å². The van der Waals surface area contributed by atoms with Gasteiger partial charge in [0.05, 0.1) is 6.61 Å². The van der Waals surface area contributed by atoms with Crippen LogP contribution < -0.4 is 16.0 Å². The number of hydrogen-bond acceptors (Lipinski definition) is 3. The van der Waals surface area contributed by atoms with E-state index in [-0.39, 0.29) is 11.9 Å². The number of amides is 3. The lowest BCUT2D eigenvalue weighted by atomic mass is 10.1. The maximum Gasteiger partial charge on any atom is 0.315 e. The van der Waals surface area contributed by atoms with Crippen molar-refractivity contribution >= 4 is 11.9 Å². The Bertz CT molecular complexity index is 418. The minimum absolute atomic E-state index is 0.128. The van der Waals surface area contributed by atoms with Gasteiger partial charge in [-0.25, -0.2) is 4.79 Å². The molecule has 6 heteroatoms. The topological polar surface area (TPSA) is 79.5 Å². The van der Waals surface area contributed by atoms with Crippen LogP contribution in [0.2, 0.25) is 0 Å². The monoisotopic (exact) mass is 265 g/mol. The second-order valence-electron chi connectivity index (χ2n) is 3.88. The first-order valence-electron chi connectivity index (χ1n) is 5.99. The second-order valence-corrected chi connectivity index (χ2v) is 3.88. The van der Waals surface area contributed by atoms with Gasteiger partial charge in [0.1, 0.15) is 0 Å². The third-order valence-corrected chi connectivity index (χ3v) is 2.49. The molecule has 0 aromatic heterocycles. The minimum Gasteiger partial charge on any atom is -0.383 e. The predicted molar refractivity (Wildman–Crippen MR) is 71.9 cm³/mol. The van der Waals surface area contributed by atoms with E-state index in [2.05, 4.69) is 16.0 Å². The van der Waals surface area contributed by atoms with Gasteiger partial charge in [-0.3, -0.25) is 4.79 Å². The van der Waals surface area contributed by atoms with Crippen LogP contribution >= 0.6 is 0 Å². The Kier molecular flexibility index (Phi) is 6.38. The maximum atomic E-state index is 11.4. The van der Waals surface area contributed by atoms with Gasteiger partial charge in [0.25, 0.3) is 5.91 Å². The molecule has 0 aliphatic heterocycles. The van der Waals surface area contributed by atoms with Gasteiger partial charge in [-0.2, -0.15) is 0 Å². The molecule has 0 aliphatic carbocycles. The van der Waals surface area contributed by atoms with Crippen molar-refractivity contribution in [1.82, 2.24) is 16.0 Å². The summed E-state index contributed by atoms with van der Waals surface area (Å²) in [6, 6.07) is 6.81. The van der Waals surface area contributed by atoms with Gasteiger partial charge in [0.2, 0.25) is 0 Å². The van der Waals surface area contributed by atoms with Crippen molar-refractivity contribution in [2.75, 3.05) is 27.3 Å². The lowest BCUT2D eigenvalue weighted by Gasteiger charge is -2.07. The summed E-state index contributed by atoms with van der Waals surface area (Å²) in [5.74, 6) is -0.128. The Morgan fingerprint density at radius 2 is 1.84 bits per heavy atom. The van der Waals surface area contributed by atoms with Crippen molar-refractivity contribution in [3.63, 3.8) is 0 Å². The van der Waals surface area contributed by atoms with Crippen molar-refractivity contribution in [1.29, 1.82) is 0 Å². The second kappa shape index (κ2) is 8.10. The molecule has 0 aliphatic rings. The van der Waals surface area contributed by atoms with Crippen molar-refractivity contribution < 1.29 is 14.3 Å². The zero-order valence-corrected chi connectivity index (χ0v) is 11.2. The Hall–Kier alpha value is -2.08. The third-order valence-electron chi connectivity index (χ3n) is 2.49. The van der Waals surface area contributed by atoms with E-state index in [1.54, 1.807) is 38.4 Å². The van der Waals surface area contributed by atoms with Crippen LogP contribution in [0.15, 0.2) is 24.3 Å². The van der Waals surface area contributed by atoms with Crippen molar-refractivity contribution in [3.05, 3.63) is 35.4 Å². The molecule has 0 saturated carbocycles. The van der Waals surface area contributed by atoms with E-state index in [4.69, 9.17) is 4.74 Å². The molecular weight excluding hydrogens is 246 g/mol. The van der Waals surface area contributed by atoms with E-state index in [9.17, 15) is 9.59 Å². The molecule has 3 amide bonds. The standard InChI is InChI=1S/C13H19N3O3/c1-14-12(17)11-5-3-10(4-6-11)9-16-13(18)15-7-8-19-2/h3-6H,7-9H2,1-2H3,(H,14,17)(H2,15,16,18). The number of nitrogens with one attached hydrogen (secondary N) is 3. The van der Waals surface area contributed by atoms with Gasteiger partial charge in [0, 0.05) is 32.8 Å². The highest BCUT2D eigenvalue weighted by atomic mass is 16.5. The molecule has 1 rings (SSSR count). The molecule has 0 unspecified atom stereocenters. The van der Waals surface area contributed by atoms with E-state index in [0.29, 0.717) is 25.3 Å². The molecule has 0 saturated heterocycles. The smallest absolute Gasteiger partial charge is 0.315 e. The highest BCUT2D eigenvalue weighted by Crippen LogP contribution is 2.04.